The summed E-state index contributed by atoms with van der Waals surface area (Å²) >= 11 is 0. The van der Waals surface area contributed by atoms with Gasteiger partial charge in [0, 0.05) is 19.6 Å². The number of methoxy groups -OCH3 is 1. The van der Waals surface area contributed by atoms with Gasteiger partial charge in [-0.05, 0) is 23.6 Å². The maximum atomic E-state index is 10.8. The molecule has 0 saturated carbocycles. The summed E-state index contributed by atoms with van der Waals surface area (Å²) in [4.78, 5) is 13.0. The molecule has 0 bridgehead atoms. The van der Waals surface area contributed by atoms with E-state index in [4.69, 9.17) is 9.84 Å². The molecule has 1 fully saturated rings. The molecule has 0 radical (unpaired) electrons. The predicted molar refractivity (Wildman–Crippen MR) is 70.2 cm³/mol. The smallest absolute Gasteiger partial charge is 0.306 e. The Labute approximate surface area is 112 Å². The molecular weight excluding hydrogens is 246 g/mol. The number of hydrogen-bond donors (Lipinski definition) is 2. The molecule has 1 heterocycles. The highest BCUT2D eigenvalue weighted by atomic mass is 16.5. The lowest BCUT2D eigenvalue weighted by atomic mass is 9.87. The minimum atomic E-state index is -0.730. The van der Waals surface area contributed by atoms with Crippen LogP contribution >= 0.6 is 0 Å². The van der Waals surface area contributed by atoms with Gasteiger partial charge >= 0.3 is 5.97 Å². The fraction of sp³-hybridized carbons (Fsp3) is 0.500. The first kappa shape index (κ1) is 13.7. The van der Waals surface area contributed by atoms with E-state index in [9.17, 15) is 9.90 Å². The summed E-state index contributed by atoms with van der Waals surface area (Å²) in [6.07, 6.45) is 0. The lowest BCUT2D eigenvalue weighted by Crippen LogP contribution is -2.50. The van der Waals surface area contributed by atoms with E-state index in [1.807, 2.05) is 6.07 Å². The van der Waals surface area contributed by atoms with Crippen molar-refractivity contribution in [2.45, 2.75) is 13.5 Å². The van der Waals surface area contributed by atoms with Crippen LogP contribution in [0.5, 0.6) is 11.5 Å². The van der Waals surface area contributed by atoms with E-state index in [-0.39, 0.29) is 17.6 Å². The maximum absolute atomic E-state index is 10.8. The second kappa shape index (κ2) is 5.48. The largest absolute Gasteiger partial charge is 0.504 e. The lowest BCUT2D eigenvalue weighted by molar-refractivity contribution is -0.145. The molecule has 1 unspecified atom stereocenters. The third-order valence-corrected chi connectivity index (χ3v) is 3.73. The Hall–Kier alpha value is -1.75. The van der Waals surface area contributed by atoms with E-state index >= 15 is 0 Å². The maximum Gasteiger partial charge on any atom is 0.306 e. The van der Waals surface area contributed by atoms with E-state index < -0.39 is 5.97 Å². The zero-order chi connectivity index (χ0) is 14.0. The van der Waals surface area contributed by atoms with Crippen LogP contribution in [0, 0.1) is 11.8 Å². The van der Waals surface area contributed by atoms with Gasteiger partial charge in [0.1, 0.15) is 0 Å². The fourth-order valence-electron chi connectivity index (χ4n) is 2.35. The summed E-state index contributed by atoms with van der Waals surface area (Å²) < 4.78 is 4.99. The molecule has 2 N–H and O–H groups in total. The zero-order valence-electron chi connectivity index (χ0n) is 11.2. The average molecular weight is 265 g/mol. The van der Waals surface area contributed by atoms with Crippen molar-refractivity contribution in [1.82, 2.24) is 4.90 Å². The number of carboxylic acid groups (broad SMARTS) is 1. The van der Waals surface area contributed by atoms with Gasteiger partial charge in [-0.15, -0.1) is 0 Å². The standard InChI is InChI=1S/C14H19NO4/c1-9(14(17)18)11-7-15(8-11)6-10-3-4-13(19-2)12(16)5-10/h3-5,9,11,16H,6-8H2,1-2H3,(H,17,18). The number of aliphatic carboxylic acids is 1. The third-order valence-electron chi connectivity index (χ3n) is 3.73. The van der Waals surface area contributed by atoms with Crippen LogP contribution in [0.3, 0.4) is 0 Å². The van der Waals surface area contributed by atoms with E-state index in [2.05, 4.69) is 4.90 Å². The molecule has 104 valence electrons. The number of hydrogen-bond acceptors (Lipinski definition) is 4. The first-order valence-electron chi connectivity index (χ1n) is 6.32. The van der Waals surface area contributed by atoms with Crippen LogP contribution in [-0.2, 0) is 11.3 Å². The van der Waals surface area contributed by atoms with Crippen LogP contribution in [0.4, 0.5) is 0 Å². The Bertz CT molecular complexity index is 469. The van der Waals surface area contributed by atoms with Crippen molar-refractivity contribution in [2.75, 3.05) is 20.2 Å². The summed E-state index contributed by atoms with van der Waals surface area (Å²) in [7, 11) is 1.52. The first-order valence-corrected chi connectivity index (χ1v) is 6.32. The quantitative estimate of drug-likeness (QED) is 0.845. The number of phenolic OH excluding ortho intramolecular Hbond substituents is 1. The molecule has 0 spiro atoms. The molecule has 19 heavy (non-hydrogen) atoms. The van der Waals surface area contributed by atoms with E-state index in [1.54, 1.807) is 19.1 Å². The number of ether oxygens (including phenoxy) is 1. The predicted octanol–water partition coefficient (Wildman–Crippen LogP) is 1.55. The molecule has 2 rings (SSSR count). The molecule has 5 heteroatoms. The molecular formula is C14H19NO4. The van der Waals surface area contributed by atoms with Crippen molar-refractivity contribution in [2.24, 2.45) is 11.8 Å². The van der Waals surface area contributed by atoms with Crippen LogP contribution in [0.2, 0.25) is 0 Å². The van der Waals surface area contributed by atoms with Crippen molar-refractivity contribution >= 4 is 5.97 Å². The van der Waals surface area contributed by atoms with Crippen LogP contribution in [0.25, 0.3) is 0 Å². The molecule has 1 aromatic rings. The van der Waals surface area contributed by atoms with Gasteiger partial charge in [-0.1, -0.05) is 13.0 Å². The Balaban J connectivity index is 1.88. The normalized spacial score (nSPS) is 17.8. The topological polar surface area (TPSA) is 70.0 Å². The molecule has 0 aromatic heterocycles. The molecule has 0 amide bonds. The van der Waals surface area contributed by atoms with Gasteiger partial charge in [0.05, 0.1) is 13.0 Å². The Morgan fingerprint density at radius 2 is 2.21 bits per heavy atom. The van der Waals surface area contributed by atoms with Crippen molar-refractivity contribution in [3.05, 3.63) is 23.8 Å². The number of carbonyl (C=O) groups is 1. The van der Waals surface area contributed by atoms with E-state index in [1.165, 1.54) is 7.11 Å². The van der Waals surface area contributed by atoms with Crippen molar-refractivity contribution in [3.8, 4) is 11.5 Å². The number of benzene rings is 1. The SMILES string of the molecule is COc1ccc(CN2CC(C(C)C(=O)O)C2)cc1O. The number of aromatic hydroxyl groups is 1. The van der Waals surface area contributed by atoms with E-state index in [0.717, 1.165) is 25.2 Å². The van der Waals surface area contributed by atoms with Gasteiger partial charge in [0.25, 0.3) is 0 Å². The van der Waals surface area contributed by atoms with Gasteiger partial charge in [-0.2, -0.15) is 0 Å². The third kappa shape index (κ3) is 2.98. The van der Waals surface area contributed by atoms with Gasteiger partial charge in [-0.25, -0.2) is 0 Å². The molecule has 1 aliphatic heterocycles. The number of rotatable bonds is 5. The summed E-state index contributed by atoms with van der Waals surface area (Å²) in [5, 5.41) is 18.6. The second-order valence-electron chi connectivity index (χ2n) is 5.09. The molecule has 1 saturated heterocycles. The summed E-state index contributed by atoms with van der Waals surface area (Å²) in [6, 6.07) is 5.33. The zero-order valence-corrected chi connectivity index (χ0v) is 11.2. The van der Waals surface area contributed by atoms with Crippen molar-refractivity contribution in [1.29, 1.82) is 0 Å². The average Bonchev–Trinajstić information content (AvgIpc) is 2.32. The summed E-state index contributed by atoms with van der Waals surface area (Å²) in [5.41, 5.74) is 1.000. The monoisotopic (exact) mass is 265 g/mol. The minimum absolute atomic E-state index is 0.135. The molecule has 0 aliphatic carbocycles. The number of carboxylic acids is 1. The van der Waals surface area contributed by atoms with E-state index in [0.29, 0.717) is 5.75 Å². The number of likely N-dealkylation sites (tertiary alicyclic amines) is 1. The van der Waals surface area contributed by atoms with Gasteiger partial charge in [-0.3, -0.25) is 9.69 Å². The minimum Gasteiger partial charge on any atom is -0.504 e. The van der Waals surface area contributed by atoms with Crippen LogP contribution in [0.1, 0.15) is 12.5 Å². The Morgan fingerprint density at radius 3 is 2.74 bits per heavy atom. The summed E-state index contributed by atoms with van der Waals surface area (Å²) in [5.74, 6) is -0.197. The molecule has 5 nitrogen and oxygen atoms in total. The molecule has 1 aliphatic rings. The lowest BCUT2D eigenvalue weighted by Gasteiger charge is -2.41. The highest BCUT2D eigenvalue weighted by Crippen LogP contribution is 2.29. The van der Waals surface area contributed by atoms with Crippen molar-refractivity contribution in [3.63, 3.8) is 0 Å². The number of phenols is 1. The van der Waals surface area contributed by atoms with Crippen LogP contribution in [0.15, 0.2) is 18.2 Å². The van der Waals surface area contributed by atoms with Crippen LogP contribution < -0.4 is 4.74 Å². The fourth-order valence-corrected chi connectivity index (χ4v) is 2.35. The van der Waals surface area contributed by atoms with Gasteiger partial charge < -0.3 is 14.9 Å². The number of nitrogens with zero attached hydrogens (tertiary/aromatic N) is 1. The van der Waals surface area contributed by atoms with Gasteiger partial charge in [0.15, 0.2) is 11.5 Å². The van der Waals surface area contributed by atoms with Gasteiger partial charge in [0.2, 0.25) is 0 Å². The highest BCUT2D eigenvalue weighted by Gasteiger charge is 2.34. The molecule has 1 aromatic carbocycles. The Morgan fingerprint density at radius 1 is 1.53 bits per heavy atom. The van der Waals surface area contributed by atoms with Crippen molar-refractivity contribution < 1.29 is 19.7 Å². The first-order chi connectivity index (χ1) is 9.01. The molecule has 1 atom stereocenters. The summed E-state index contributed by atoms with van der Waals surface area (Å²) in [6.45, 7) is 4.06. The Kier molecular flexibility index (Phi) is 3.95. The van der Waals surface area contributed by atoms with Crippen LogP contribution in [-0.4, -0.2) is 41.3 Å². The second-order valence-corrected chi connectivity index (χ2v) is 5.09. The highest BCUT2D eigenvalue weighted by molar-refractivity contribution is 5.70.